The van der Waals surface area contributed by atoms with Crippen LogP contribution in [-0.2, 0) is 0 Å². The number of nitrogens with two attached hydrogens (primary N) is 1. The van der Waals surface area contributed by atoms with Crippen LogP contribution in [0.5, 0.6) is 0 Å². The second kappa shape index (κ2) is 5.14. The molecular weight excluding hydrogens is 253 g/mol. The Hall–Kier alpha value is -1.62. The minimum Gasteiger partial charge on any atom is -0.399 e. The molecule has 0 aliphatic heterocycles. The molecule has 0 radical (unpaired) electrons. The van der Waals surface area contributed by atoms with Gasteiger partial charge in [-0.05, 0) is 30.3 Å². The van der Waals surface area contributed by atoms with E-state index in [0.717, 1.165) is 5.56 Å². The fourth-order valence-electron chi connectivity index (χ4n) is 1.36. The molecule has 0 amide bonds. The van der Waals surface area contributed by atoms with E-state index < -0.39 is 0 Å². The Morgan fingerprint density at radius 2 is 1.71 bits per heavy atom. The summed E-state index contributed by atoms with van der Waals surface area (Å²) in [7, 11) is 0. The van der Waals surface area contributed by atoms with E-state index >= 15 is 0 Å². The minimum absolute atomic E-state index is 0.477. The van der Waals surface area contributed by atoms with Crippen molar-refractivity contribution < 1.29 is 0 Å². The summed E-state index contributed by atoms with van der Waals surface area (Å²) in [5.41, 5.74) is 7.91. The van der Waals surface area contributed by atoms with Crippen LogP contribution >= 0.6 is 23.2 Å². The minimum atomic E-state index is 0.477. The molecule has 0 fully saturated rings. The Labute approximate surface area is 110 Å². The van der Waals surface area contributed by atoms with Crippen molar-refractivity contribution in [2.45, 2.75) is 0 Å². The van der Waals surface area contributed by atoms with E-state index in [1.54, 1.807) is 6.07 Å². The Bertz CT molecular complexity index is 609. The van der Waals surface area contributed by atoms with Gasteiger partial charge in [0.25, 0.3) is 0 Å². The molecule has 0 saturated heterocycles. The summed E-state index contributed by atoms with van der Waals surface area (Å²) in [5.74, 6) is 5.97. The molecule has 2 aromatic rings. The molecule has 0 atom stereocenters. The largest absolute Gasteiger partial charge is 0.399 e. The van der Waals surface area contributed by atoms with E-state index in [1.807, 2.05) is 36.4 Å². The summed E-state index contributed by atoms with van der Waals surface area (Å²) < 4.78 is 0. The summed E-state index contributed by atoms with van der Waals surface area (Å²) in [6.07, 6.45) is 0. The van der Waals surface area contributed by atoms with E-state index in [1.165, 1.54) is 0 Å². The maximum absolute atomic E-state index is 6.03. The predicted octanol–water partition coefficient (Wildman–Crippen LogP) is 3.98. The van der Waals surface area contributed by atoms with Crippen LogP contribution in [0.4, 0.5) is 5.69 Å². The van der Waals surface area contributed by atoms with Crippen molar-refractivity contribution >= 4 is 28.9 Å². The summed E-state index contributed by atoms with van der Waals surface area (Å²) in [5, 5.41) is 0.983. The molecule has 2 aromatic carbocycles. The average Bonchev–Trinajstić information content (AvgIpc) is 2.31. The fourth-order valence-corrected chi connectivity index (χ4v) is 1.70. The zero-order valence-corrected chi connectivity index (χ0v) is 10.4. The highest BCUT2D eigenvalue weighted by molar-refractivity contribution is 6.42. The normalized spacial score (nSPS) is 9.53. The predicted molar refractivity (Wildman–Crippen MR) is 73.3 cm³/mol. The lowest BCUT2D eigenvalue weighted by atomic mass is 10.1. The van der Waals surface area contributed by atoms with Gasteiger partial charge in [0, 0.05) is 16.8 Å². The highest BCUT2D eigenvalue weighted by atomic mass is 35.5. The molecule has 0 spiro atoms. The van der Waals surface area contributed by atoms with Gasteiger partial charge in [-0.1, -0.05) is 47.2 Å². The molecule has 3 heteroatoms. The molecule has 2 N–H and O–H groups in total. The van der Waals surface area contributed by atoms with Crippen molar-refractivity contribution in [3.05, 3.63) is 63.6 Å². The highest BCUT2D eigenvalue weighted by Crippen LogP contribution is 2.24. The smallest absolute Gasteiger partial charge is 0.0748 e. The van der Waals surface area contributed by atoms with Gasteiger partial charge < -0.3 is 5.73 Å². The molecule has 0 aromatic heterocycles. The lowest BCUT2D eigenvalue weighted by Crippen LogP contribution is -1.84. The molecule has 84 valence electrons. The standard InChI is InChI=1S/C14H9Cl2N/c15-13-6-2-4-11(14(13)16)8-7-10-3-1-5-12(17)9-10/h1-6,9H,17H2. The zero-order chi connectivity index (χ0) is 12.3. The van der Waals surface area contributed by atoms with Gasteiger partial charge in [-0.2, -0.15) is 0 Å². The maximum atomic E-state index is 6.03. The van der Waals surface area contributed by atoms with Crippen LogP contribution in [0.3, 0.4) is 0 Å². The molecular formula is C14H9Cl2N. The van der Waals surface area contributed by atoms with Crippen LogP contribution in [0, 0.1) is 11.8 Å². The Morgan fingerprint density at radius 1 is 0.941 bits per heavy atom. The van der Waals surface area contributed by atoms with Gasteiger partial charge in [0.15, 0.2) is 0 Å². The number of benzene rings is 2. The number of rotatable bonds is 0. The van der Waals surface area contributed by atoms with E-state index in [2.05, 4.69) is 11.8 Å². The summed E-state index contributed by atoms with van der Waals surface area (Å²) >= 11 is 11.9. The highest BCUT2D eigenvalue weighted by Gasteiger charge is 2.00. The first kappa shape index (κ1) is 11.9. The van der Waals surface area contributed by atoms with Crippen molar-refractivity contribution in [2.24, 2.45) is 0 Å². The Kier molecular flexibility index (Phi) is 3.58. The van der Waals surface area contributed by atoms with E-state index in [-0.39, 0.29) is 0 Å². The Morgan fingerprint density at radius 3 is 2.47 bits per heavy atom. The quantitative estimate of drug-likeness (QED) is 0.564. The third-order valence-electron chi connectivity index (χ3n) is 2.18. The first-order chi connectivity index (χ1) is 8.16. The average molecular weight is 262 g/mol. The first-order valence-corrected chi connectivity index (χ1v) is 5.74. The van der Waals surface area contributed by atoms with Crippen LogP contribution in [0.25, 0.3) is 0 Å². The summed E-state index contributed by atoms with van der Waals surface area (Å²) in [6.45, 7) is 0. The Balaban J connectivity index is 2.36. The van der Waals surface area contributed by atoms with Crippen molar-refractivity contribution in [1.82, 2.24) is 0 Å². The first-order valence-electron chi connectivity index (χ1n) is 4.98. The number of hydrogen-bond acceptors (Lipinski definition) is 1. The van der Waals surface area contributed by atoms with Crippen LogP contribution in [0.2, 0.25) is 10.0 Å². The molecule has 2 rings (SSSR count). The molecule has 17 heavy (non-hydrogen) atoms. The van der Waals surface area contributed by atoms with Crippen molar-refractivity contribution in [2.75, 3.05) is 5.73 Å². The van der Waals surface area contributed by atoms with Crippen molar-refractivity contribution in [3.63, 3.8) is 0 Å². The van der Waals surface area contributed by atoms with Crippen LogP contribution in [0.15, 0.2) is 42.5 Å². The third kappa shape index (κ3) is 2.94. The molecule has 0 saturated carbocycles. The van der Waals surface area contributed by atoms with Crippen LogP contribution in [-0.4, -0.2) is 0 Å². The number of halogens is 2. The van der Waals surface area contributed by atoms with Crippen LogP contribution in [0.1, 0.15) is 11.1 Å². The molecule has 0 aliphatic rings. The van der Waals surface area contributed by atoms with E-state index in [4.69, 9.17) is 28.9 Å². The third-order valence-corrected chi connectivity index (χ3v) is 3.00. The van der Waals surface area contributed by atoms with Gasteiger partial charge in [0.1, 0.15) is 0 Å². The van der Waals surface area contributed by atoms with Gasteiger partial charge in [0.05, 0.1) is 10.0 Å². The van der Waals surface area contributed by atoms with E-state index in [9.17, 15) is 0 Å². The van der Waals surface area contributed by atoms with Crippen molar-refractivity contribution in [1.29, 1.82) is 0 Å². The molecule has 1 nitrogen and oxygen atoms in total. The lowest BCUT2D eigenvalue weighted by Gasteiger charge is -1.97. The van der Waals surface area contributed by atoms with E-state index in [0.29, 0.717) is 21.3 Å². The SMILES string of the molecule is Nc1cccc(C#Cc2cccc(Cl)c2Cl)c1. The van der Waals surface area contributed by atoms with Crippen molar-refractivity contribution in [3.8, 4) is 11.8 Å². The van der Waals surface area contributed by atoms with Gasteiger partial charge in [0.2, 0.25) is 0 Å². The second-order valence-electron chi connectivity index (χ2n) is 3.48. The lowest BCUT2D eigenvalue weighted by molar-refractivity contribution is 1.61. The second-order valence-corrected chi connectivity index (χ2v) is 4.26. The summed E-state index contributed by atoms with van der Waals surface area (Å²) in [4.78, 5) is 0. The number of anilines is 1. The molecule has 0 heterocycles. The monoisotopic (exact) mass is 261 g/mol. The fraction of sp³-hybridized carbons (Fsp3) is 0. The van der Waals surface area contributed by atoms with Crippen LogP contribution < -0.4 is 5.73 Å². The molecule has 0 aliphatic carbocycles. The van der Waals surface area contributed by atoms with Gasteiger partial charge in [-0.3, -0.25) is 0 Å². The molecule has 0 bridgehead atoms. The maximum Gasteiger partial charge on any atom is 0.0748 e. The van der Waals surface area contributed by atoms with Gasteiger partial charge >= 0.3 is 0 Å². The number of hydrogen-bond donors (Lipinski definition) is 1. The zero-order valence-electron chi connectivity index (χ0n) is 8.87. The van der Waals surface area contributed by atoms with Gasteiger partial charge in [-0.15, -0.1) is 0 Å². The molecule has 0 unspecified atom stereocenters. The summed E-state index contributed by atoms with van der Waals surface area (Å²) in [6, 6.07) is 12.8. The topological polar surface area (TPSA) is 26.0 Å². The number of nitrogen functional groups attached to an aromatic ring is 1. The van der Waals surface area contributed by atoms with Gasteiger partial charge in [-0.25, -0.2) is 0 Å².